The monoisotopic (exact) mass is 427 g/mol. The first-order valence-electron chi connectivity index (χ1n) is 9.86. The van der Waals surface area contributed by atoms with Gasteiger partial charge in [0.05, 0.1) is 12.6 Å². The molecule has 2 fully saturated rings. The third-order valence-corrected chi connectivity index (χ3v) is 4.70. The summed E-state index contributed by atoms with van der Waals surface area (Å²) in [5, 5.41) is 9.00. The number of nitrogens with zero attached hydrogens (tertiary/aromatic N) is 3. The molecule has 11 heteroatoms. The molecule has 0 aliphatic carbocycles. The second kappa shape index (κ2) is 16.0. The molecule has 2 heterocycles. The van der Waals surface area contributed by atoms with Gasteiger partial charge in [-0.05, 0) is 52.4 Å². The van der Waals surface area contributed by atoms with Crippen molar-refractivity contribution in [2.45, 2.75) is 52.0 Å². The van der Waals surface area contributed by atoms with E-state index in [1.54, 1.807) is 0 Å². The fraction of sp³-hybridized carbons (Fsp3) is 0.941. The van der Waals surface area contributed by atoms with Crippen LogP contribution in [0.25, 0.3) is 0 Å². The summed E-state index contributed by atoms with van der Waals surface area (Å²) in [5.74, 6) is 0. The Morgan fingerprint density at radius 3 is 2.29 bits per heavy atom. The van der Waals surface area contributed by atoms with Gasteiger partial charge in [0.25, 0.3) is 0 Å². The molecule has 0 radical (unpaired) electrons. The summed E-state index contributed by atoms with van der Waals surface area (Å²) in [5.41, 5.74) is 0. The highest BCUT2D eigenvalue weighted by Crippen LogP contribution is 2.14. The van der Waals surface area contributed by atoms with Crippen molar-refractivity contribution in [3.05, 3.63) is 0 Å². The van der Waals surface area contributed by atoms with Crippen LogP contribution in [-0.2, 0) is 24.2 Å². The maximum atomic E-state index is 10.6. The number of piperidine rings is 2. The van der Waals surface area contributed by atoms with Crippen LogP contribution in [0, 0.1) is 0 Å². The number of hydroxylamine groups is 2. The standard InChI is InChI=1S/C8H17NO2.C7H14N2O5S.C2H6/c10-8-11-7-6-9-4-2-1-3-5-9;1-8-4-2-3-7(5-8)9(6-10)14-15(11,12)13;1-2/h10H,1-8H2;6-7H,2-5H2,1H3,(H,11,12,13);1-2H3. The first kappa shape index (κ1) is 27.2. The number of rotatable bonds is 8. The number of aliphatic hydroxyl groups is 1. The van der Waals surface area contributed by atoms with Crippen molar-refractivity contribution < 1.29 is 31.9 Å². The van der Waals surface area contributed by atoms with Crippen LogP contribution in [-0.4, -0.2) is 98.6 Å². The van der Waals surface area contributed by atoms with Gasteiger partial charge in [-0.3, -0.25) is 9.35 Å². The first-order chi connectivity index (χ1) is 13.4. The lowest BCUT2D eigenvalue weighted by Crippen LogP contribution is -2.46. The molecule has 28 heavy (non-hydrogen) atoms. The van der Waals surface area contributed by atoms with E-state index in [0.29, 0.717) is 24.6 Å². The molecule has 2 rings (SSSR count). The van der Waals surface area contributed by atoms with Gasteiger partial charge < -0.3 is 19.6 Å². The van der Waals surface area contributed by atoms with E-state index in [1.807, 2.05) is 25.8 Å². The summed E-state index contributed by atoms with van der Waals surface area (Å²) >= 11 is 0. The number of hydrogen-bond acceptors (Lipinski definition) is 8. The SMILES string of the molecule is CC.CN1CCCC(N(C=O)OS(=O)(=O)O)C1.OCOCCN1CCCCC1. The summed E-state index contributed by atoms with van der Waals surface area (Å²) in [6.07, 6.45) is 5.77. The highest BCUT2D eigenvalue weighted by Gasteiger charge is 2.26. The van der Waals surface area contributed by atoms with Gasteiger partial charge in [0.1, 0.15) is 6.79 Å². The molecule has 1 unspecified atom stereocenters. The average molecular weight is 428 g/mol. The number of carbonyl (C=O) groups excluding carboxylic acids is 1. The van der Waals surface area contributed by atoms with E-state index >= 15 is 0 Å². The van der Waals surface area contributed by atoms with E-state index in [1.165, 1.54) is 32.4 Å². The van der Waals surface area contributed by atoms with E-state index in [9.17, 15) is 13.2 Å². The first-order valence-corrected chi connectivity index (χ1v) is 11.2. The van der Waals surface area contributed by atoms with Crippen LogP contribution in [0.4, 0.5) is 0 Å². The molecule has 2 N–H and O–H groups in total. The lowest BCUT2D eigenvalue weighted by atomic mass is 10.1. The van der Waals surface area contributed by atoms with Crippen molar-refractivity contribution in [3.8, 4) is 0 Å². The Labute approximate surface area is 169 Å². The molecule has 0 aromatic rings. The topological polar surface area (TPSA) is 120 Å². The van der Waals surface area contributed by atoms with Gasteiger partial charge in [-0.1, -0.05) is 20.3 Å². The minimum atomic E-state index is -4.63. The van der Waals surface area contributed by atoms with Crippen molar-refractivity contribution in [2.24, 2.45) is 0 Å². The van der Waals surface area contributed by atoms with Crippen molar-refractivity contribution >= 4 is 16.8 Å². The maximum absolute atomic E-state index is 10.6. The van der Waals surface area contributed by atoms with Crippen LogP contribution in [0.2, 0.25) is 0 Å². The van der Waals surface area contributed by atoms with E-state index in [4.69, 9.17) is 14.4 Å². The Hall–Kier alpha value is -0.820. The zero-order valence-electron chi connectivity index (χ0n) is 17.3. The van der Waals surface area contributed by atoms with E-state index in [2.05, 4.69) is 9.18 Å². The maximum Gasteiger partial charge on any atom is 0.418 e. The van der Waals surface area contributed by atoms with Gasteiger partial charge in [-0.2, -0.15) is 8.42 Å². The number of hydrogen-bond donors (Lipinski definition) is 2. The minimum Gasteiger partial charge on any atom is -0.371 e. The van der Waals surface area contributed by atoms with E-state index in [0.717, 1.165) is 19.5 Å². The number of likely N-dealkylation sites (tertiary alicyclic amines) is 2. The minimum absolute atomic E-state index is 0.145. The van der Waals surface area contributed by atoms with Gasteiger partial charge in [0, 0.05) is 13.1 Å². The van der Waals surface area contributed by atoms with Crippen LogP contribution in [0.1, 0.15) is 46.0 Å². The predicted octanol–water partition coefficient (Wildman–Crippen LogP) is 0.738. The van der Waals surface area contributed by atoms with Gasteiger partial charge in [0.15, 0.2) is 0 Å². The average Bonchev–Trinajstić information content (AvgIpc) is 2.68. The summed E-state index contributed by atoms with van der Waals surface area (Å²) in [7, 11) is -2.76. The van der Waals surface area contributed by atoms with Crippen molar-refractivity contribution in [3.63, 3.8) is 0 Å². The molecule has 2 aliphatic heterocycles. The Kier molecular flexibility index (Phi) is 15.6. The summed E-state index contributed by atoms with van der Waals surface area (Å²) in [6, 6.07) is -0.344. The summed E-state index contributed by atoms with van der Waals surface area (Å²) in [4.78, 5) is 14.9. The van der Waals surface area contributed by atoms with Crippen molar-refractivity contribution in [1.82, 2.24) is 14.9 Å². The molecule has 0 spiro atoms. The smallest absolute Gasteiger partial charge is 0.371 e. The lowest BCUT2D eigenvalue weighted by Gasteiger charge is -2.33. The Bertz CT molecular complexity index is 487. The summed E-state index contributed by atoms with van der Waals surface area (Å²) < 4.78 is 38.3. The fourth-order valence-electron chi connectivity index (χ4n) is 3.06. The Morgan fingerprint density at radius 2 is 1.79 bits per heavy atom. The molecule has 1 atom stereocenters. The number of ether oxygens (including phenoxy) is 1. The lowest BCUT2D eigenvalue weighted by molar-refractivity contribution is -0.154. The zero-order chi connectivity index (χ0) is 21.4. The van der Waals surface area contributed by atoms with Crippen LogP contribution in [0.5, 0.6) is 0 Å². The van der Waals surface area contributed by atoms with Crippen LogP contribution >= 0.6 is 0 Å². The van der Waals surface area contributed by atoms with Gasteiger partial charge >= 0.3 is 10.4 Å². The largest absolute Gasteiger partial charge is 0.418 e. The van der Waals surface area contributed by atoms with E-state index in [-0.39, 0.29) is 19.2 Å². The predicted molar refractivity (Wildman–Crippen MR) is 106 cm³/mol. The number of amides is 1. The molecule has 168 valence electrons. The quantitative estimate of drug-likeness (QED) is 0.190. The van der Waals surface area contributed by atoms with E-state index < -0.39 is 10.4 Å². The van der Waals surface area contributed by atoms with Crippen LogP contribution in [0.15, 0.2) is 0 Å². The molecule has 10 nitrogen and oxygen atoms in total. The number of carbonyl (C=O) groups is 1. The molecule has 0 aromatic heterocycles. The van der Waals surface area contributed by atoms with Crippen LogP contribution < -0.4 is 0 Å². The van der Waals surface area contributed by atoms with Gasteiger partial charge in [0.2, 0.25) is 6.41 Å². The number of aliphatic hydroxyl groups excluding tert-OH is 1. The molecule has 0 saturated carbocycles. The molecule has 0 bridgehead atoms. The number of likely N-dealkylation sites (N-methyl/N-ethyl adjacent to an activating group) is 1. The van der Waals surface area contributed by atoms with Gasteiger partial charge in [-0.25, -0.2) is 5.06 Å². The molecule has 2 aliphatic rings. The highest BCUT2D eigenvalue weighted by atomic mass is 32.3. The molecule has 1 amide bonds. The van der Waals surface area contributed by atoms with Gasteiger partial charge in [-0.15, -0.1) is 4.28 Å². The van der Waals surface area contributed by atoms with Crippen molar-refractivity contribution in [2.75, 3.05) is 53.2 Å². The molecule has 0 aromatic carbocycles. The van der Waals surface area contributed by atoms with Crippen LogP contribution in [0.3, 0.4) is 0 Å². The third-order valence-electron chi connectivity index (χ3n) is 4.34. The second-order valence-electron chi connectivity index (χ2n) is 6.47. The Morgan fingerprint density at radius 1 is 1.14 bits per heavy atom. The fourth-order valence-corrected chi connectivity index (χ4v) is 3.44. The molecular weight excluding hydrogens is 390 g/mol. The van der Waals surface area contributed by atoms with Crippen molar-refractivity contribution in [1.29, 1.82) is 0 Å². The summed E-state index contributed by atoms with van der Waals surface area (Å²) in [6.45, 7) is 9.32. The molecule has 2 saturated heterocycles. The normalized spacial score (nSPS) is 21.0. The highest BCUT2D eigenvalue weighted by molar-refractivity contribution is 7.80. The molecular formula is C17H37N3O7S. The third kappa shape index (κ3) is 13.4. The Balaban J connectivity index is 0.000000497. The second-order valence-corrected chi connectivity index (χ2v) is 7.47. The zero-order valence-corrected chi connectivity index (χ0v) is 18.1.